The zero-order valence-electron chi connectivity index (χ0n) is 14.1. The normalized spacial score (nSPS) is 16.5. The second kappa shape index (κ2) is 6.91. The van der Waals surface area contributed by atoms with E-state index in [2.05, 4.69) is 57.2 Å². The molecular formula is C20H23N3S. The molecule has 0 radical (unpaired) electrons. The molecule has 3 aromatic rings. The summed E-state index contributed by atoms with van der Waals surface area (Å²) in [4.78, 5) is 2.60. The van der Waals surface area contributed by atoms with Gasteiger partial charge in [-0.25, -0.2) is 0 Å². The van der Waals surface area contributed by atoms with E-state index >= 15 is 0 Å². The van der Waals surface area contributed by atoms with Gasteiger partial charge in [0.1, 0.15) is 0 Å². The molecule has 0 spiro atoms. The molecule has 1 aromatic carbocycles. The third-order valence-corrected chi connectivity index (χ3v) is 5.81. The van der Waals surface area contributed by atoms with Crippen LogP contribution in [0.1, 0.15) is 29.9 Å². The monoisotopic (exact) mass is 337 g/mol. The lowest BCUT2D eigenvalue weighted by Crippen LogP contribution is -2.32. The number of benzene rings is 1. The Hall–Kier alpha value is -1.91. The quantitative estimate of drug-likeness (QED) is 0.697. The molecule has 0 bridgehead atoms. The number of thiophene rings is 1. The van der Waals surface area contributed by atoms with E-state index in [4.69, 9.17) is 0 Å². The summed E-state index contributed by atoms with van der Waals surface area (Å²) >= 11 is 1.82. The first-order valence-electron chi connectivity index (χ1n) is 8.62. The Morgan fingerprint density at radius 2 is 1.96 bits per heavy atom. The Balaban J connectivity index is 1.46. The molecule has 2 aromatic heterocycles. The van der Waals surface area contributed by atoms with Gasteiger partial charge >= 0.3 is 0 Å². The first-order valence-corrected chi connectivity index (χ1v) is 9.56. The van der Waals surface area contributed by atoms with Gasteiger partial charge in [0.05, 0.1) is 5.69 Å². The third kappa shape index (κ3) is 3.17. The fourth-order valence-corrected chi connectivity index (χ4v) is 4.46. The van der Waals surface area contributed by atoms with E-state index in [1.165, 1.54) is 48.3 Å². The fourth-order valence-electron chi connectivity index (χ4n) is 3.72. The Bertz CT molecular complexity index is 783. The van der Waals surface area contributed by atoms with Crippen molar-refractivity contribution in [3.63, 3.8) is 0 Å². The van der Waals surface area contributed by atoms with E-state index in [9.17, 15) is 0 Å². The molecule has 0 amide bonds. The number of piperidine rings is 1. The molecule has 0 saturated carbocycles. The number of likely N-dealkylation sites (tertiary alicyclic amines) is 1. The second-order valence-electron chi connectivity index (χ2n) is 6.60. The first kappa shape index (κ1) is 15.6. The lowest BCUT2D eigenvalue weighted by molar-refractivity contribution is 0.205. The molecule has 0 unspecified atom stereocenters. The van der Waals surface area contributed by atoms with E-state index in [0.29, 0.717) is 0 Å². The van der Waals surface area contributed by atoms with Crippen LogP contribution in [0.5, 0.6) is 0 Å². The molecule has 1 fully saturated rings. The van der Waals surface area contributed by atoms with Crippen LogP contribution in [-0.2, 0) is 13.6 Å². The maximum absolute atomic E-state index is 4.32. The van der Waals surface area contributed by atoms with Crippen molar-refractivity contribution < 1.29 is 0 Å². The number of nitrogens with zero attached hydrogens (tertiary/aromatic N) is 3. The minimum absolute atomic E-state index is 0.750. The molecular weight excluding hydrogens is 314 g/mol. The smallest absolute Gasteiger partial charge is 0.0682 e. The largest absolute Gasteiger partial charge is 0.299 e. The molecule has 0 atom stereocenters. The van der Waals surface area contributed by atoms with Crippen molar-refractivity contribution in [3.05, 3.63) is 64.5 Å². The van der Waals surface area contributed by atoms with Gasteiger partial charge in [-0.15, -0.1) is 0 Å². The van der Waals surface area contributed by atoms with Crippen LogP contribution in [0, 0.1) is 0 Å². The lowest BCUT2D eigenvalue weighted by atomic mass is 9.91. The lowest BCUT2D eigenvalue weighted by Gasteiger charge is -2.32. The number of aromatic nitrogens is 2. The molecule has 124 valence electrons. The maximum Gasteiger partial charge on any atom is 0.0682 e. The van der Waals surface area contributed by atoms with Crippen molar-refractivity contribution in [2.45, 2.75) is 25.3 Å². The van der Waals surface area contributed by atoms with Crippen LogP contribution in [0.25, 0.3) is 11.3 Å². The highest BCUT2D eigenvalue weighted by molar-refractivity contribution is 7.07. The van der Waals surface area contributed by atoms with Gasteiger partial charge in [-0.1, -0.05) is 24.3 Å². The van der Waals surface area contributed by atoms with Gasteiger partial charge in [0, 0.05) is 25.4 Å². The van der Waals surface area contributed by atoms with Gasteiger partial charge in [-0.05, 0) is 65.9 Å². The summed E-state index contributed by atoms with van der Waals surface area (Å²) in [6.45, 7) is 3.39. The van der Waals surface area contributed by atoms with Crippen LogP contribution < -0.4 is 0 Å². The summed E-state index contributed by atoms with van der Waals surface area (Å²) in [6, 6.07) is 13.1. The minimum atomic E-state index is 0.750. The fraction of sp³-hybridized carbons (Fsp3) is 0.350. The Morgan fingerprint density at radius 3 is 2.67 bits per heavy atom. The van der Waals surface area contributed by atoms with Gasteiger partial charge in [0.25, 0.3) is 0 Å². The van der Waals surface area contributed by atoms with Crippen molar-refractivity contribution in [1.82, 2.24) is 14.7 Å². The van der Waals surface area contributed by atoms with Crippen molar-refractivity contribution in [2.24, 2.45) is 7.05 Å². The van der Waals surface area contributed by atoms with Crippen LogP contribution in [0.4, 0.5) is 0 Å². The highest BCUT2D eigenvalue weighted by Gasteiger charge is 2.21. The topological polar surface area (TPSA) is 21.1 Å². The minimum Gasteiger partial charge on any atom is -0.299 e. The first-order chi connectivity index (χ1) is 11.8. The van der Waals surface area contributed by atoms with E-state index < -0.39 is 0 Å². The maximum atomic E-state index is 4.32. The molecule has 3 nitrogen and oxygen atoms in total. The van der Waals surface area contributed by atoms with E-state index in [1.54, 1.807) is 0 Å². The predicted octanol–water partition coefficient (Wildman–Crippen LogP) is 4.53. The molecule has 1 aliphatic rings. The summed E-state index contributed by atoms with van der Waals surface area (Å²) in [5.41, 5.74) is 5.43. The number of rotatable bonds is 4. The summed E-state index contributed by atoms with van der Waals surface area (Å²) in [5, 5.41) is 8.84. The molecule has 1 saturated heterocycles. The second-order valence-corrected chi connectivity index (χ2v) is 7.38. The van der Waals surface area contributed by atoms with E-state index in [-0.39, 0.29) is 0 Å². The standard InChI is InChI=1S/C20H23N3S/c1-22-20(6-10-21-22)19-5-3-2-4-17(19)14-23-11-7-16(8-12-23)18-9-13-24-15-18/h2-6,9-10,13,15-16H,7-8,11-12,14H2,1H3. The van der Waals surface area contributed by atoms with E-state index in [1.807, 2.05) is 29.3 Å². The highest BCUT2D eigenvalue weighted by Crippen LogP contribution is 2.31. The SMILES string of the molecule is Cn1nccc1-c1ccccc1CN1CCC(c2ccsc2)CC1. The highest BCUT2D eigenvalue weighted by atomic mass is 32.1. The molecule has 4 rings (SSSR count). The molecule has 3 heterocycles. The molecule has 0 N–H and O–H groups in total. The zero-order chi connectivity index (χ0) is 16.4. The summed E-state index contributed by atoms with van der Waals surface area (Å²) in [7, 11) is 2.01. The Kier molecular flexibility index (Phi) is 4.50. The third-order valence-electron chi connectivity index (χ3n) is 5.11. The Morgan fingerprint density at radius 1 is 1.12 bits per heavy atom. The van der Waals surface area contributed by atoms with Crippen LogP contribution in [0.2, 0.25) is 0 Å². The molecule has 1 aliphatic heterocycles. The average Bonchev–Trinajstić information content (AvgIpc) is 3.28. The van der Waals surface area contributed by atoms with Crippen LogP contribution in [0.15, 0.2) is 53.4 Å². The van der Waals surface area contributed by atoms with Crippen LogP contribution in [0.3, 0.4) is 0 Å². The van der Waals surface area contributed by atoms with E-state index in [0.717, 1.165) is 12.5 Å². The van der Waals surface area contributed by atoms with Crippen molar-refractivity contribution in [1.29, 1.82) is 0 Å². The zero-order valence-corrected chi connectivity index (χ0v) is 14.9. The summed E-state index contributed by atoms with van der Waals surface area (Å²) in [5.74, 6) is 0.750. The van der Waals surface area contributed by atoms with Gasteiger partial charge in [0.2, 0.25) is 0 Å². The molecule has 0 aliphatic carbocycles. The van der Waals surface area contributed by atoms with Crippen LogP contribution in [-0.4, -0.2) is 27.8 Å². The number of aryl methyl sites for hydroxylation is 1. The van der Waals surface area contributed by atoms with Gasteiger partial charge in [-0.2, -0.15) is 16.4 Å². The van der Waals surface area contributed by atoms with Crippen molar-refractivity contribution in [2.75, 3.05) is 13.1 Å². The van der Waals surface area contributed by atoms with Crippen molar-refractivity contribution >= 4 is 11.3 Å². The van der Waals surface area contributed by atoms with Gasteiger partial charge in [0.15, 0.2) is 0 Å². The summed E-state index contributed by atoms with van der Waals surface area (Å²) < 4.78 is 1.96. The molecule has 4 heteroatoms. The van der Waals surface area contributed by atoms with Crippen molar-refractivity contribution in [3.8, 4) is 11.3 Å². The van der Waals surface area contributed by atoms with Gasteiger partial charge < -0.3 is 0 Å². The average molecular weight is 337 g/mol. The van der Waals surface area contributed by atoms with Crippen LogP contribution >= 0.6 is 11.3 Å². The molecule has 24 heavy (non-hydrogen) atoms. The Labute approximate surface area is 147 Å². The number of hydrogen-bond donors (Lipinski definition) is 0. The number of hydrogen-bond acceptors (Lipinski definition) is 3. The van der Waals surface area contributed by atoms with Gasteiger partial charge in [-0.3, -0.25) is 9.58 Å². The summed E-state index contributed by atoms with van der Waals surface area (Å²) in [6.07, 6.45) is 4.41. The predicted molar refractivity (Wildman–Crippen MR) is 100 cm³/mol.